The van der Waals surface area contributed by atoms with E-state index in [1.165, 1.54) is 18.2 Å². The van der Waals surface area contributed by atoms with E-state index in [4.69, 9.17) is 14.2 Å². The van der Waals surface area contributed by atoms with Crippen LogP contribution < -0.4 is 15.4 Å². The highest BCUT2D eigenvalue weighted by atomic mass is 16.6. The Kier molecular flexibility index (Phi) is 11.4. The van der Waals surface area contributed by atoms with Gasteiger partial charge in [0.1, 0.15) is 18.5 Å². The Morgan fingerprint density at radius 1 is 1.05 bits per heavy atom. The lowest BCUT2D eigenvalue weighted by Gasteiger charge is -2.30. The first-order valence-electron chi connectivity index (χ1n) is 13.5. The van der Waals surface area contributed by atoms with Gasteiger partial charge in [-0.1, -0.05) is 30.3 Å². The van der Waals surface area contributed by atoms with Gasteiger partial charge in [-0.3, -0.25) is 10.1 Å². The van der Waals surface area contributed by atoms with Crippen LogP contribution in [0.25, 0.3) is 0 Å². The summed E-state index contributed by atoms with van der Waals surface area (Å²) in [6.45, 7) is 8.11. The Hall–Kier alpha value is -4.22. The molecule has 11 heteroatoms. The number of carbonyl (C=O) groups is 2. The third-order valence-electron chi connectivity index (χ3n) is 6.53. The topological polar surface area (TPSA) is 149 Å². The zero-order valence-corrected chi connectivity index (χ0v) is 23.8. The number of hydrogen-bond donors (Lipinski definition) is 3. The van der Waals surface area contributed by atoms with Crippen LogP contribution in [-0.2, 0) is 19.1 Å². The summed E-state index contributed by atoms with van der Waals surface area (Å²) in [5.74, 6) is -1.46. The summed E-state index contributed by atoms with van der Waals surface area (Å²) >= 11 is 0. The molecule has 0 radical (unpaired) electrons. The van der Waals surface area contributed by atoms with E-state index in [1.54, 1.807) is 26.8 Å². The van der Waals surface area contributed by atoms with Crippen LogP contribution >= 0.6 is 0 Å². The smallest absolute Gasteiger partial charge is 0.336 e. The fraction of sp³-hybridized carbons (Fsp3) is 0.400. The van der Waals surface area contributed by atoms with Crippen LogP contribution in [0.4, 0.5) is 5.69 Å². The molecule has 41 heavy (non-hydrogen) atoms. The highest BCUT2D eigenvalue weighted by Gasteiger charge is 2.38. The van der Waals surface area contributed by atoms with Crippen LogP contribution in [0, 0.1) is 17.0 Å². The molecule has 0 saturated heterocycles. The number of benzene rings is 2. The van der Waals surface area contributed by atoms with Gasteiger partial charge < -0.3 is 30.0 Å². The van der Waals surface area contributed by atoms with Gasteiger partial charge in [0, 0.05) is 30.1 Å². The standard InChI is InChI=1S/C30H37N3O8/c1-5-39-29(35)26-20(3)32-21(4)27(28(26)22-11-8-12-23(16-22)33(37)38)30(36)40-15-9-14-31-17-24(34)18-41-25-13-7-6-10-19(25)2/h6-8,10-13,16,24,28,31-32,34H,5,9,14-15,17-18H2,1-4H3. The first-order chi connectivity index (χ1) is 19.6. The molecule has 2 aromatic rings. The largest absolute Gasteiger partial charge is 0.491 e. The molecule has 0 aliphatic carbocycles. The summed E-state index contributed by atoms with van der Waals surface area (Å²) in [6, 6.07) is 13.4. The summed E-state index contributed by atoms with van der Waals surface area (Å²) in [5, 5.41) is 27.8. The molecular weight excluding hydrogens is 530 g/mol. The van der Waals surface area contributed by atoms with Crippen molar-refractivity contribution in [3.63, 3.8) is 0 Å². The molecule has 1 heterocycles. The van der Waals surface area contributed by atoms with Crippen LogP contribution in [-0.4, -0.2) is 61.0 Å². The Labute approximate surface area is 239 Å². The Morgan fingerprint density at radius 2 is 1.73 bits per heavy atom. The quantitative estimate of drug-likeness (QED) is 0.134. The molecule has 1 aliphatic rings. The van der Waals surface area contributed by atoms with Gasteiger partial charge in [-0.15, -0.1) is 0 Å². The number of nitrogens with zero attached hydrogens (tertiary/aromatic N) is 1. The van der Waals surface area contributed by atoms with Crippen molar-refractivity contribution >= 4 is 17.6 Å². The van der Waals surface area contributed by atoms with Crippen molar-refractivity contribution in [3.8, 4) is 5.75 Å². The summed E-state index contributed by atoms with van der Waals surface area (Å²) in [7, 11) is 0. The normalized spacial score (nSPS) is 15.7. The molecule has 2 aromatic carbocycles. The van der Waals surface area contributed by atoms with E-state index < -0.39 is 28.9 Å². The van der Waals surface area contributed by atoms with Gasteiger partial charge in [0.15, 0.2) is 0 Å². The number of ether oxygens (including phenoxy) is 3. The first kappa shape index (κ1) is 31.3. The Balaban J connectivity index is 1.61. The molecule has 1 aliphatic heterocycles. The molecular formula is C30H37N3O8. The van der Waals surface area contributed by atoms with Gasteiger partial charge >= 0.3 is 11.9 Å². The third-order valence-corrected chi connectivity index (χ3v) is 6.53. The molecule has 2 unspecified atom stereocenters. The molecule has 3 N–H and O–H groups in total. The maximum Gasteiger partial charge on any atom is 0.336 e. The molecule has 0 amide bonds. The second-order valence-electron chi connectivity index (χ2n) is 9.63. The van der Waals surface area contributed by atoms with E-state index in [0.29, 0.717) is 36.5 Å². The van der Waals surface area contributed by atoms with Crippen LogP contribution in [0.2, 0.25) is 0 Å². The van der Waals surface area contributed by atoms with Gasteiger partial charge in [0.2, 0.25) is 0 Å². The molecule has 11 nitrogen and oxygen atoms in total. The molecule has 0 fully saturated rings. The zero-order valence-electron chi connectivity index (χ0n) is 23.8. The third kappa shape index (κ3) is 8.38. The van der Waals surface area contributed by atoms with Crippen molar-refractivity contribution in [2.24, 2.45) is 0 Å². The fourth-order valence-corrected chi connectivity index (χ4v) is 4.57. The number of dihydropyridines is 1. The van der Waals surface area contributed by atoms with Crippen LogP contribution in [0.15, 0.2) is 71.1 Å². The number of nitrogens with one attached hydrogen (secondary N) is 2. The summed E-state index contributed by atoms with van der Waals surface area (Å²) in [5.41, 5.74) is 2.56. The Bertz CT molecular complexity index is 1320. The van der Waals surface area contributed by atoms with Crippen LogP contribution in [0.3, 0.4) is 0 Å². The maximum atomic E-state index is 13.3. The van der Waals surface area contributed by atoms with Gasteiger partial charge in [0.25, 0.3) is 5.69 Å². The van der Waals surface area contributed by atoms with E-state index in [0.717, 1.165) is 11.3 Å². The van der Waals surface area contributed by atoms with Crippen LogP contribution in [0.1, 0.15) is 44.2 Å². The lowest BCUT2D eigenvalue weighted by Crippen LogP contribution is -2.33. The van der Waals surface area contributed by atoms with E-state index >= 15 is 0 Å². The highest BCUT2D eigenvalue weighted by Crippen LogP contribution is 2.40. The number of non-ortho nitro benzene ring substituents is 1. The SMILES string of the molecule is CCOC(=O)C1=C(C)NC(C)=C(C(=O)OCCCNCC(O)COc2ccccc2C)C1c1cccc([N+](=O)[O-])c1. The number of aliphatic hydroxyl groups is 1. The van der Waals surface area contributed by atoms with Gasteiger partial charge in [-0.2, -0.15) is 0 Å². The monoisotopic (exact) mass is 567 g/mol. The van der Waals surface area contributed by atoms with Crippen molar-refractivity contribution in [2.75, 3.05) is 32.9 Å². The zero-order chi connectivity index (χ0) is 29.9. The van der Waals surface area contributed by atoms with Crippen LogP contribution in [0.5, 0.6) is 5.75 Å². The molecule has 0 aromatic heterocycles. The lowest BCUT2D eigenvalue weighted by molar-refractivity contribution is -0.384. The number of rotatable bonds is 14. The minimum atomic E-state index is -0.913. The number of hydrogen-bond acceptors (Lipinski definition) is 10. The number of nitro groups is 1. The molecule has 0 saturated carbocycles. The first-order valence-corrected chi connectivity index (χ1v) is 13.5. The predicted octanol–water partition coefficient (Wildman–Crippen LogP) is 3.66. The average molecular weight is 568 g/mol. The summed E-state index contributed by atoms with van der Waals surface area (Å²) in [4.78, 5) is 37.2. The van der Waals surface area contributed by atoms with E-state index in [2.05, 4.69) is 10.6 Å². The predicted molar refractivity (Wildman–Crippen MR) is 152 cm³/mol. The molecule has 3 rings (SSSR count). The Morgan fingerprint density at radius 3 is 2.39 bits per heavy atom. The number of allylic oxidation sites excluding steroid dienone is 2. The maximum absolute atomic E-state index is 13.3. The minimum Gasteiger partial charge on any atom is -0.491 e. The summed E-state index contributed by atoms with van der Waals surface area (Å²) in [6.07, 6.45) is -0.247. The highest BCUT2D eigenvalue weighted by molar-refractivity contribution is 6.00. The molecule has 0 spiro atoms. The van der Waals surface area contributed by atoms with Gasteiger partial charge in [-0.05, 0) is 57.9 Å². The van der Waals surface area contributed by atoms with Crippen molar-refractivity contribution < 1.29 is 33.8 Å². The minimum absolute atomic E-state index is 0.0809. The number of nitro benzene ring substituents is 1. The summed E-state index contributed by atoms with van der Waals surface area (Å²) < 4.78 is 16.5. The number of aliphatic hydroxyl groups excluding tert-OH is 1. The number of para-hydroxylation sites is 1. The molecule has 220 valence electrons. The number of esters is 2. The molecule has 2 atom stereocenters. The molecule has 0 bridgehead atoms. The van der Waals surface area contributed by atoms with Crippen molar-refractivity contribution in [1.29, 1.82) is 0 Å². The second-order valence-corrected chi connectivity index (χ2v) is 9.63. The van der Waals surface area contributed by atoms with Gasteiger partial charge in [0.05, 0.1) is 35.2 Å². The number of carbonyl (C=O) groups excluding carboxylic acids is 2. The fourth-order valence-electron chi connectivity index (χ4n) is 4.57. The van der Waals surface area contributed by atoms with Gasteiger partial charge in [-0.25, -0.2) is 9.59 Å². The second kappa shape index (κ2) is 15.0. The van der Waals surface area contributed by atoms with Crippen molar-refractivity contribution in [1.82, 2.24) is 10.6 Å². The van der Waals surface area contributed by atoms with E-state index in [-0.39, 0.29) is 36.7 Å². The average Bonchev–Trinajstić information content (AvgIpc) is 2.94. The van der Waals surface area contributed by atoms with Crippen molar-refractivity contribution in [2.45, 2.75) is 46.1 Å². The van der Waals surface area contributed by atoms with E-state index in [1.807, 2.05) is 31.2 Å². The van der Waals surface area contributed by atoms with Crippen molar-refractivity contribution in [3.05, 3.63) is 92.3 Å². The number of aryl methyl sites for hydroxylation is 1. The van der Waals surface area contributed by atoms with E-state index in [9.17, 15) is 24.8 Å². The lowest BCUT2D eigenvalue weighted by atomic mass is 9.80.